The summed E-state index contributed by atoms with van der Waals surface area (Å²) in [6.45, 7) is 0. The number of rotatable bonds is 4. The molecule has 11 aromatic rings. The summed E-state index contributed by atoms with van der Waals surface area (Å²) in [5.74, 6) is 3.27. The molecule has 2 aliphatic heterocycles. The molecular weight excluding hydrogens is 759 g/mol. The minimum Gasteiger partial charge on any atom is -0.453 e. The maximum atomic E-state index is 6.47. The predicted molar refractivity (Wildman–Crippen MR) is 255 cm³/mol. The number of hydrogen-bond donors (Lipinski definition) is 0. The molecule has 0 unspecified atom stereocenters. The number of aromatic nitrogens is 1. The summed E-state index contributed by atoms with van der Waals surface area (Å²) in [6, 6.07) is 73.1. The van der Waals surface area contributed by atoms with Crippen molar-refractivity contribution >= 4 is 77.2 Å². The van der Waals surface area contributed by atoms with E-state index in [0.29, 0.717) is 0 Å². The van der Waals surface area contributed by atoms with Gasteiger partial charge in [-0.3, -0.25) is 4.98 Å². The fourth-order valence-electron chi connectivity index (χ4n) is 9.68. The smallest absolute Gasteiger partial charge is 0.151 e. The third-order valence-corrected chi connectivity index (χ3v) is 12.4. The van der Waals surface area contributed by atoms with Crippen molar-refractivity contribution in [2.24, 2.45) is 0 Å². The molecule has 3 heterocycles. The van der Waals surface area contributed by atoms with E-state index in [0.717, 1.165) is 112 Å². The number of hydrogen-bond acceptors (Lipinski definition) is 5. The van der Waals surface area contributed by atoms with Crippen molar-refractivity contribution in [3.05, 3.63) is 212 Å². The van der Waals surface area contributed by atoms with Crippen molar-refractivity contribution in [3.8, 4) is 45.4 Å². The van der Waals surface area contributed by atoms with Crippen LogP contribution in [0.5, 0.6) is 23.0 Å². The molecule has 5 heteroatoms. The van der Waals surface area contributed by atoms with Crippen LogP contribution in [0.15, 0.2) is 212 Å². The van der Waals surface area contributed by atoms with Crippen molar-refractivity contribution in [1.29, 1.82) is 0 Å². The molecule has 5 nitrogen and oxygen atoms in total. The molecule has 0 spiro atoms. The van der Waals surface area contributed by atoms with Gasteiger partial charge in [0, 0.05) is 28.5 Å². The van der Waals surface area contributed by atoms with E-state index in [-0.39, 0.29) is 0 Å². The highest BCUT2D eigenvalue weighted by molar-refractivity contribution is 6.24. The van der Waals surface area contributed by atoms with Gasteiger partial charge in [0.05, 0.1) is 28.4 Å². The fourth-order valence-corrected chi connectivity index (χ4v) is 9.68. The van der Waals surface area contributed by atoms with Gasteiger partial charge in [0.15, 0.2) is 23.0 Å². The van der Waals surface area contributed by atoms with Crippen LogP contribution in [0.2, 0.25) is 0 Å². The van der Waals surface area contributed by atoms with E-state index in [1.807, 2.05) is 54.7 Å². The van der Waals surface area contributed by atoms with Gasteiger partial charge >= 0.3 is 0 Å². The van der Waals surface area contributed by atoms with Crippen LogP contribution in [0.25, 0.3) is 65.5 Å². The van der Waals surface area contributed by atoms with Gasteiger partial charge in [-0.1, -0.05) is 121 Å². The van der Waals surface area contributed by atoms with Crippen LogP contribution in [-0.4, -0.2) is 4.98 Å². The molecule has 13 rings (SSSR count). The molecule has 0 radical (unpaired) electrons. The van der Waals surface area contributed by atoms with E-state index in [2.05, 4.69) is 168 Å². The van der Waals surface area contributed by atoms with Crippen LogP contribution < -0.4 is 19.3 Å². The van der Waals surface area contributed by atoms with Gasteiger partial charge in [-0.15, -0.1) is 0 Å². The lowest BCUT2D eigenvalue weighted by atomic mass is 9.85. The molecule has 0 saturated heterocycles. The zero-order chi connectivity index (χ0) is 40.7. The molecule has 0 aliphatic carbocycles. The molecular formula is C57H35N3O2. The third kappa shape index (κ3) is 5.25. The molecule has 62 heavy (non-hydrogen) atoms. The van der Waals surface area contributed by atoms with Crippen LogP contribution >= 0.6 is 0 Å². The summed E-state index contributed by atoms with van der Waals surface area (Å²) < 4.78 is 12.9. The number of nitrogens with zero attached hydrogens (tertiary/aromatic N) is 3. The van der Waals surface area contributed by atoms with Gasteiger partial charge in [-0.25, -0.2) is 0 Å². The van der Waals surface area contributed by atoms with Crippen molar-refractivity contribution in [2.75, 3.05) is 9.80 Å². The lowest BCUT2D eigenvalue weighted by Gasteiger charge is -2.33. The Morgan fingerprint density at radius 2 is 0.790 bits per heavy atom. The first-order chi connectivity index (χ1) is 30.7. The van der Waals surface area contributed by atoms with E-state index in [9.17, 15) is 0 Å². The van der Waals surface area contributed by atoms with Crippen molar-refractivity contribution in [1.82, 2.24) is 4.98 Å². The molecule has 2 aliphatic rings. The first-order valence-corrected chi connectivity index (χ1v) is 20.9. The van der Waals surface area contributed by atoms with Gasteiger partial charge in [0.1, 0.15) is 0 Å². The molecule has 0 bridgehead atoms. The average molecular weight is 794 g/mol. The standard InChI is InChI=1S/C57H35N3O2/c1-2-15-38-33-39(26-25-36(38)13-1)55-43-29-27-41(60-49-19-7-11-23-53(49)62-54-24-12-8-20-50(54)60)35-46(43)56(57-42-16-4-3-14-37(42)31-32-58-57)44-30-28-40(34-45(44)55)59-47-17-5-9-21-51(47)61-52-22-10-6-18-48(52)59/h1-35H. The van der Waals surface area contributed by atoms with E-state index in [1.165, 1.54) is 10.8 Å². The number of anilines is 6. The number of benzene rings is 10. The van der Waals surface area contributed by atoms with Crippen LogP contribution in [0.3, 0.4) is 0 Å². The minimum atomic E-state index is 0.816. The first kappa shape index (κ1) is 34.5. The Bertz CT molecular complexity index is 3540. The van der Waals surface area contributed by atoms with Crippen LogP contribution in [0.4, 0.5) is 34.1 Å². The topological polar surface area (TPSA) is 37.8 Å². The summed E-state index contributed by atoms with van der Waals surface area (Å²) in [5.41, 5.74) is 10.4. The lowest BCUT2D eigenvalue weighted by Crippen LogP contribution is -2.16. The summed E-state index contributed by atoms with van der Waals surface area (Å²) in [6.07, 6.45) is 1.95. The van der Waals surface area contributed by atoms with E-state index < -0.39 is 0 Å². The highest BCUT2D eigenvalue weighted by Crippen LogP contribution is 2.55. The quantitative estimate of drug-likeness (QED) is 0.166. The summed E-state index contributed by atoms with van der Waals surface area (Å²) in [4.78, 5) is 9.90. The second kappa shape index (κ2) is 13.6. The molecule has 10 aromatic carbocycles. The molecule has 0 saturated carbocycles. The minimum absolute atomic E-state index is 0.816. The molecule has 0 amide bonds. The summed E-state index contributed by atoms with van der Waals surface area (Å²) in [7, 11) is 0. The van der Waals surface area contributed by atoms with Gasteiger partial charge in [-0.05, 0) is 134 Å². The van der Waals surface area contributed by atoms with Crippen molar-refractivity contribution < 1.29 is 9.47 Å². The van der Waals surface area contributed by atoms with Crippen molar-refractivity contribution in [3.63, 3.8) is 0 Å². The Morgan fingerprint density at radius 3 is 1.37 bits per heavy atom. The molecule has 290 valence electrons. The third-order valence-electron chi connectivity index (χ3n) is 12.4. The number of para-hydroxylation sites is 8. The summed E-state index contributed by atoms with van der Waals surface area (Å²) in [5, 5.41) is 9.13. The zero-order valence-electron chi connectivity index (χ0n) is 33.4. The Balaban J connectivity index is 1.16. The van der Waals surface area contributed by atoms with Gasteiger partial charge in [-0.2, -0.15) is 0 Å². The predicted octanol–water partition coefficient (Wildman–Crippen LogP) is 16.2. The number of pyridine rings is 1. The highest BCUT2D eigenvalue weighted by atomic mass is 16.5. The summed E-state index contributed by atoms with van der Waals surface area (Å²) >= 11 is 0. The Labute approximate surface area is 357 Å². The molecule has 0 fully saturated rings. The number of fused-ring (bicyclic) bond motifs is 8. The Kier molecular flexibility index (Phi) is 7.54. The first-order valence-electron chi connectivity index (χ1n) is 20.9. The van der Waals surface area contributed by atoms with Gasteiger partial charge in [0.2, 0.25) is 0 Å². The highest BCUT2D eigenvalue weighted by Gasteiger charge is 2.29. The van der Waals surface area contributed by atoms with Crippen LogP contribution in [0, 0.1) is 0 Å². The second-order valence-electron chi connectivity index (χ2n) is 15.9. The van der Waals surface area contributed by atoms with Crippen molar-refractivity contribution in [2.45, 2.75) is 0 Å². The monoisotopic (exact) mass is 793 g/mol. The zero-order valence-corrected chi connectivity index (χ0v) is 33.4. The Morgan fingerprint density at radius 1 is 0.323 bits per heavy atom. The average Bonchev–Trinajstić information content (AvgIpc) is 3.33. The number of ether oxygens (including phenoxy) is 2. The lowest BCUT2D eigenvalue weighted by molar-refractivity contribution is 0.477. The SMILES string of the molecule is c1ccc2c(c1)Oc1ccccc1N2c1ccc2c(-c3nccc4ccccc34)c3cc(N4c5ccccc5Oc5ccccc54)ccc3c(-c3ccc4ccccc4c3)c2c1. The van der Waals surface area contributed by atoms with E-state index in [1.54, 1.807) is 0 Å². The van der Waals surface area contributed by atoms with Crippen LogP contribution in [0.1, 0.15) is 0 Å². The molecule has 1 aromatic heterocycles. The second-order valence-corrected chi connectivity index (χ2v) is 15.9. The van der Waals surface area contributed by atoms with Crippen LogP contribution in [-0.2, 0) is 0 Å². The Hall–Kier alpha value is -8.41. The maximum Gasteiger partial charge on any atom is 0.151 e. The largest absolute Gasteiger partial charge is 0.453 e. The molecule has 0 atom stereocenters. The molecule has 0 N–H and O–H groups in total. The fraction of sp³-hybridized carbons (Fsp3) is 0. The normalized spacial score (nSPS) is 12.7. The maximum absolute atomic E-state index is 6.47. The van der Waals surface area contributed by atoms with E-state index in [4.69, 9.17) is 14.5 Å². The van der Waals surface area contributed by atoms with E-state index >= 15 is 0 Å². The van der Waals surface area contributed by atoms with Gasteiger partial charge in [0.25, 0.3) is 0 Å². The van der Waals surface area contributed by atoms with Gasteiger partial charge < -0.3 is 19.3 Å².